The lowest BCUT2D eigenvalue weighted by atomic mass is 9.87. The first-order chi connectivity index (χ1) is 9.09. The summed E-state index contributed by atoms with van der Waals surface area (Å²) in [5.41, 5.74) is 3.71. The van der Waals surface area contributed by atoms with Crippen molar-refractivity contribution < 1.29 is 4.79 Å². The van der Waals surface area contributed by atoms with Gasteiger partial charge in [0.05, 0.1) is 0 Å². The molecule has 19 heavy (non-hydrogen) atoms. The van der Waals surface area contributed by atoms with Crippen molar-refractivity contribution in [1.29, 1.82) is 0 Å². The van der Waals surface area contributed by atoms with E-state index in [4.69, 9.17) is 0 Å². The van der Waals surface area contributed by atoms with Crippen LogP contribution in [0.3, 0.4) is 0 Å². The fourth-order valence-corrected chi connectivity index (χ4v) is 3.01. The Balaban J connectivity index is 2.19. The largest absolute Gasteiger partial charge is 0.294 e. The monoisotopic (exact) mass is 252 g/mol. The molecule has 1 nitrogen and oxygen atoms in total. The summed E-state index contributed by atoms with van der Waals surface area (Å²) in [6.07, 6.45) is 2.23. The van der Waals surface area contributed by atoms with E-state index in [-0.39, 0.29) is 11.7 Å². The molecule has 0 bridgehead atoms. The summed E-state index contributed by atoms with van der Waals surface area (Å²) in [6.45, 7) is 6.27. The van der Waals surface area contributed by atoms with Crippen molar-refractivity contribution in [3.05, 3.63) is 47.0 Å². The molecule has 1 aliphatic carbocycles. The second kappa shape index (κ2) is 4.48. The number of benzene rings is 2. The van der Waals surface area contributed by atoms with E-state index in [0.29, 0.717) is 5.92 Å². The molecule has 2 aromatic rings. The third-order valence-electron chi connectivity index (χ3n) is 4.56. The van der Waals surface area contributed by atoms with Gasteiger partial charge in [-0.25, -0.2) is 0 Å². The van der Waals surface area contributed by atoms with Gasteiger partial charge in [-0.2, -0.15) is 0 Å². The first kappa shape index (κ1) is 12.4. The molecule has 1 heteroatoms. The van der Waals surface area contributed by atoms with Crippen LogP contribution in [0.25, 0.3) is 10.8 Å². The number of hydrogen-bond acceptors (Lipinski definition) is 1. The smallest absolute Gasteiger partial charge is 0.166 e. The molecule has 0 N–H and O–H groups in total. The van der Waals surface area contributed by atoms with E-state index in [9.17, 15) is 4.79 Å². The molecule has 0 amide bonds. The topological polar surface area (TPSA) is 17.1 Å². The van der Waals surface area contributed by atoms with E-state index in [2.05, 4.69) is 38.1 Å². The average Bonchev–Trinajstić information content (AvgIpc) is 2.83. The van der Waals surface area contributed by atoms with Crippen LogP contribution in [-0.4, -0.2) is 5.78 Å². The van der Waals surface area contributed by atoms with Gasteiger partial charge in [-0.15, -0.1) is 0 Å². The molecule has 2 aromatic carbocycles. The maximum atomic E-state index is 12.6. The van der Waals surface area contributed by atoms with Crippen LogP contribution in [0.5, 0.6) is 0 Å². The average molecular weight is 252 g/mol. The summed E-state index contributed by atoms with van der Waals surface area (Å²) in [7, 11) is 0. The normalized spacial score (nSPS) is 15.2. The van der Waals surface area contributed by atoms with E-state index in [1.54, 1.807) is 0 Å². The second-order valence-electron chi connectivity index (χ2n) is 6.01. The lowest BCUT2D eigenvalue weighted by molar-refractivity contribution is 0.0901. The maximum Gasteiger partial charge on any atom is 0.166 e. The molecule has 3 rings (SSSR count). The van der Waals surface area contributed by atoms with Crippen LogP contribution in [-0.2, 0) is 12.8 Å². The summed E-state index contributed by atoms with van der Waals surface area (Å²) >= 11 is 0. The molecule has 0 saturated heterocycles. The molecule has 0 spiro atoms. The van der Waals surface area contributed by atoms with Crippen molar-refractivity contribution in [2.45, 2.75) is 33.6 Å². The number of aryl methyl sites for hydroxylation is 2. The van der Waals surface area contributed by atoms with Gasteiger partial charge < -0.3 is 0 Å². The van der Waals surface area contributed by atoms with Crippen molar-refractivity contribution in [3.8, 4) is 0 Å². The zero-order valence-electron chi connectivity index (χ0n) is 11.9. The van der Waals surface area contributed by atoms with Crippen molar-refractivity contribution in [1.82, 2.24) is 0 Å². The van der Waals surface area contributed by atoms with Gasteiger partial charge in [0, 0.05) is 11.5 Å². The number of Topliss-reactive ketones (excluding diaryl/α,β-unsaturated/α-hetero) is 1. The van der Waals surface area contributed by atoms with Crippen LogP contribution in [0.4, 0.5) is 0 Å². The second-order valence-corrected chi connectivity index (χ2v) is 6.01. The Morgan fingerprint density at radius 2 is 1.68 bits per heavy atom. The fraction of sp³-hybridized carbons (Fsp3) is 0.389. The van der Waals surface area contributed by atoms with Crippen LogP contribution in [0.15, 0.2) is 30.3 Å². The van der Waals surface area contributed by atoms with Crippen LogP contribution >= 0.6 is 0 Å². The predicted octanol–water partition coefficient (Wildman–Crippen LogP) is 4.41. The van der Waals surface area contributed by atoms with Gasteiger partial charge in [-0.1, -0.05) is 51.1 Å². The Bertz CT molecular complexity index is 642. The third-order valence-corrected chi connectivity index (χ3v) is 4.56. The Labute approximate surface area is 114 Å². The van der Waals surface area contributed by atoms with Crippen molar-refractivity contribution in [3.63, 3.8) is 0 Å². The molecular weight excluding hydrogens is 232 g/mol. The standard InChI is InChI=1S/C18H20O/c1-11(2)12(3)18(19)16-10-9-14-8-7-13-5-4-6-15(16)17(13)14/h4-6,9-12H,7-8H2,1-3H3. The van der Waals surface area contributed by atoms with E-state index in [0.717, 1.165) is 23.8 Å². The van der Waals surface area contributed by atoms with Gasteiger partial charge >= 0.3 is 0 Å². The number of hydrogen-bond donors (Lipinski definition) is 0. The summed E-state index contributed by atoms with van der Waals surface area (Å²) in [4.78, 5) is 12.6. The molecule has 0 saturated carbocycles. The van der Waals surface area contributed by atoms with Gasteiger partial charge in [0.1, 0.15) is 0 Å². The molecule has 1 unspecified atom stereocenters. The summed E-state index contributed by atoms with van der Waals surface area (Å²) in [6, 6.07) is 10.6. The maximum absolute atomic E-state index is 12.6. The Morgan fingerprint density at radius 1 is 1.00 bits per heavy atom. The third kappa shape index (κ3) is 1.88. The van der Waals surface area contributed by atoms with Gasteiger partial charge in [-0.05, 0) is 40.7 Å². The Hall–Kier alpha value is -1.63. The molecule has 0 fully saturated rings. The minimum absolute atomic E-state index is 0.0819. The highest BCUT2D eigenvalue weighted by Gasteiger charge is 2.23. The molecule has 0 aliphatic heterocycles. The minimum Gasteiger partial charge on any atom is -0.294 e. The van der Waals surface area contributed by atoms with Crippen molar-refractivity contribution in [2.75, 3.05) is 0 Å². The van der Waals surface area contributed by atoms with Crippen molar-refractivity contribution >= 4 is 16.6 Å². The summed E-state index contributed by atoms with van der Waals surface area (Å²) in [5, 5.41) is 2.49. The number of carbonyl (C=O) groups is 1. The quantitative estimate of drug-likeness (QED) is 0.739. The van der Waals surface area contributed by atoms with E-state index < -0.39 is 0 Å². The fourth-order valence-electron chi connectivity index (χ4n) is 3.01. The minimum atomic E-state index is 0.0819. The zero-order chi connectivity index (χ0) is 13.6. The summed E-state index contributed by atoms with van der Waals surface area (Å²) < 4.78 is 0. The van der Waals surface area contributed by atoms with Gasteiger partial charge in [0.2, 0.25) is 0 Å². The highest BCUT2D eigenvalue weighted by atomic mass is 16.1. The van der Waals surface area contributed by atoms with Crippen LogP contribution < -0.4 is 0 Å². The Morgan fingerprint density at radius 3 is 2.37 bits per heavy atom. The van der Waals surface area contributed by atoms with Gasteiger partial charge in [0.15, 0.2) is 5.78 Å². The van der Waals surface area contributed by atoms with Gasteiger partial charge in [0.25, 0.3) is 0 Å². The first-order valence-electron chi connectivity index (χ1n) is 7.17. The molecule has 0 heterocycles. The first-order valence-corrected chi connectivity index (χ1v) is 7.17. The van der Waals surface area contributed by atoms with Crippen LogP contribution in [0, 0.1) is 11.8 Å². The molecule has 1 atom stereocenters. The molecule has 0 aromatic heterocycles. The Kier molecular flexibility index (Phi) is 2.93. The molecular formula is C18H20O. The van der Waals surface area contributed by atoms with Crippen molar-refractivity contribution in [2.24, 2.45) is 11.8 Å². The molecule has 1 aliphatic rings. The molecule has 0 radical (unpaired) electrons. The lowest BCUT2D eigenvalue weighted by Crippen LogP contribution is -2.17. The number of rotatable bonds is 3. The highest BCUT2D eigenvalue weighted by Crippen LogP contribution is 2.34. The van der Waals surface area contributed by atoms with E-state index >= 15 is 0 Å². The number of carbonyl (C=O) groups excluding carboxylic acids is 1. The van der Waals surface area contributed by atoms with Gasteiger partial charge in [-0.3, -0.25) is 4.79 Å². The number of ketones is 1. The van der Waals surface area contributed by atoms with Crippen LogP contribution in [0.2, 0.25) is 0 Å². The predicted molar refractivity (Wildman–Crippen MR) is 79.7 cm³/mol. The zero-order valence-corrected chi connectivity index (χ0v) is 11.9. The van der Waals surface area contributed by atoms with E-state index in [1.165, 1.54) is 16.5 Å². The highest BCUT2D eigenvalue weighted by molar-refractivity contribution is 6.10. The molecule has 98 valence electrons. The summed E-state index contributed by atoms with van der Waals surface area (Å²) in [5.74, 6) is 0.750. The lowest BCUT2D eigenvalue weighted by Gasteiger charge is -2.16. The van der Waals surface area contributed by atoms with Crippen LogP contribution in [0.1, 0.15) is 42.3 Å². The van der Waals surface area contributed by atoms with E-state index in [1.807, 2.05) is 13.0 Å². The SMILES string of the molecule is CC(C)C(C)C(=O)c1ccc2c3c(cccc13)CC2.